The van der Waals surface area contributed by atoms with Crippen LogP contribution in [0, 0.1) is 5.92 Å². The first-order valence-electron chi connectivity index (χ1n) is 8.13. The number of carbonyl (C=O) groups excluding carboxylic acids is 1. The van der Waals surface area contributed by atoms with Gasteiger partial charge < -0.3 is 15.7 Å². The summed E-state index contributed by atoms with van der Waals surface area (Å²) >= 11 is 0. The van der Waals surface area contributed by atoms with E-state index in [1.54, 1.807) is 0 Å². The summed E-state index contributed by atoms with van der Waals surface area (Å²) in [6, 6.07) is 0.0812. The number of hydrogen-bond acceptors (Lipinski definition) is 2. The van der Waals surface area contributed by atoms with Gasteiger partial charge in [-0.2, -0.15) is 0 Å². The summed E-state index contributed by atoms with van der Waals surface area (Å²) < 4.78 is 0. The molecule has 2 amide bonds. The monoisotopic (exact) mass is 298 g/mol. The number of aliphatic carboxylic acids is 1. The highest BCUT2D eigenvalue weighted by Gasteiger charge is 2.25. The molecule has 1 saturated carbocycles. The molecule has 21 heavy (non-hydrogen) atoms. The molecular weight excluding hydrogens is 268 g/mol. The number of nitrogens with one attached hydrogen (secondary N) is 2. The summed E-state index contributed by atoms with van der Waals surface area (Å²) in [6.07, 6.45) is 7.51. The molecule has 0 radical (unpaired) electrons. The van der Waals surface area contributed by atoms with E-state index in [0.717, 1.165) is 18.8 Å². The van der Waals surface area contributed by atoms with Crippen molar-refractivity contribution in [1.82, 2.24) is 10.6 Å². The van der Waals surface area contributed by atoms with Gasteiger partial charge in [0.05, 0.1) is 0 Å². The maximum atomic E-state index is 12.0. The largest absolute Gasteiger partial charge is 0.481 e. The summed E-state index contributed by atoms with van der Waals surface area (Å²) in [5.74, 6) is -0.0114. The Balaban J connectivity index is 2.29. The fourth-order valence-corrected chi connectivity index (χ4v) is 3.01. The Morgan fingerprint density at radius 1 is 1.19 bits per heavy atom. The van der Waals surface area contributed by atoms with Gasteiger partial charge in [-0.05, 0) is 51.9 Å². The average Bonchev–Trinajstić information content (AvgIpc) is 2.38. The number of carboxylic acid groups (broad SMARTS) is 1. The summed E-state index contributed by atoms with van der Waals surface area (Å²) in [4.78, 5) is 22.6. The van der Waals surface area contributed by atoms with Crippen molar-refractivity contribution in [3.05, 3.63) is 0 Å². The highest BCUT2D eigenvalue weighted by Crippen LogP contribution is 2.27. The maximum Gasteiger partial charge on any atom is 0.315 e. The number of urea groups is 1. The Hall–Kier alpha value is -1.26. The first-order valence-corrected chi connectivity index (χ1v) is 8.13. The van der Waals surface area contributed by atoms with Crippen LogP contribution in [-0.4, -0.2) is 28.7 Å². The maximum absolute atomic E-state index is 12.0. The number of hydrogen-bond donors (Lipinski definition) is 3. The minimum atomic E-state index is -0.834. The molecule has 122 valence electrons. The van der Waals surface area contributed by atoms with Gasteiger partial charge in [0.2, 0.25) is 0 Å². The van der Waals surface area contributed by atoms with E-state index < -0.39 is 11.5 Å². The van der Waals surface area contributed by atoms with Gasteiger partial charge in [-0.3, -0.25) is 4.79 Å². The molecule has 1 aliphatic carbocycles. The van der Waals surface area contributed by atoms with Crippen LogP contribution in [0.25, 0.3) is 0 Å². The molecule has 0 atom stereocenters. The molecule has 0 aromatic heterocycles. The zero-order chi connectivity index (χ0) is 15.9. The van der Waals surface area contributed by atoms with Crippen molar-refractivity contribution in [1.29, 1.82) is 0 Å². The molecule has 0 aromatic rings. The standard InChI is InChI=1S/C16H30N2O3/c1-4-5-12-6-8-13(9-7-12)17-15(21)18-16(2,3)11-10-14(19)20/h12-13H,4-11H2,1-3H3,(H,19,20)(H2,17,18,21). The van der Waals surface area contributed by atoms with Crippen LogP contribution >= 0.6 is 0 Å². The molecule has 3 N–H and O–H groups in total. The van der Waals surface area contributed by atoms with Gasteiger partial charge in [0.25, 0.3) is 0 Å². The molecule has 0 spiro atoms. The fraction of sp³-hybridized carbons (Fsp3) is 0.875. The van der Waals surface area contributed by atoms with Crippen LogP contribution in [0.1, 0.15) is 72.1 Å². The lowest BCUT2D eigenvalue weighted by molar-refractivity contribution is -0.137. The van der Waals surface area contributed by atoms with Crippen LogP contribution in [0.4, 0.5) is 4.79 Å². The molecule has 0 aromatic carbocycles. The topological polar surface area (TPSA) is 78.4 Å². The Labute approximate surface area is 127 Å². The lowest BCUT2D eigenvalue weighted by Crippen LogP contribution is -2.51. The SMILES string of the molecule is CCCC1CCC(NC(=O)NC(C)(C)CCC(=O)O)CC1. The number of rotatable bonds is 7. The summed E-state index contributed by atoms with van der Waals surface area (Å²) in [7, 11) is 0. The normalized spacial score (nSPS) is 22.6. The molecule has 0 heterocycles. The molecule has 1 rings (SSSR count). The van der Waals surface area contributed by atoms with Crippen molar-refractivity contribution in [2.75, 3.05) is 0 Å². The van der Waals surface area contributed by atoms with Crippen LogP contribution in [0.3, 0.4) is 0 Å². The van der Waals surface area contributed by atoms with E-state index in [4.69, 9.17) is 5.11 Å². The Morgan fingerprint density at radius 2 is 1.81 bits per heavy atom. The van der Waals surface area contributed by atoms with E-state index in [0.29, 0.717) is 6.42 Å². The zero-order valence-electron chi connectivity index (χ0n) is 13.6. The van der Waals surface area contributed by atoms with Crippen LogP contribution in [0.2, 0.25) is 0 Å². The lowest BCUT2D eigenvalue weighted by Gasteiger charge is -2.31. The van der Waals surface area contributed by atoms with Gasteiger partial charge in [0.1, 0.15) is 0 Å². The second kappa shape index (κ2) is 8.25. The first kappa shape index (κ1) is 17.8. The predicted molar refractivity (Wildman–Crippen MR) is 83.3 cm³/mol. The summed E-state index contributed by atoms with van der Waals surface area (Å²) in [5, 5.41) is 14.6. The van der Waals surface area contributed by atoms with E-state index in [-0.39, 0.29) is 18.5 Å². The molecule has 5 nitrogen and oxygen atoms in total. The minimum absolute atomic E-state index is 0.0649. The third-order valence-corrected chi connectivity index (χ3v) is 4.29. The van der Waals surface area contributed by atoms with Crippen LogP contribution in [0.5, 0.6) is 0 Å². The van der Waals surface area contributed by atoms with E-state index in [1.807, 2.05) is 13.8 Å². The zero-order valence-corrected chi connectivity index (χ0v) is 13.6. The summed E-state index contributed by atoms with van der Waals surface area (Å²) in [5.41, 5.74) is -0.498. The van der Waals surface area contributed by atoms with Crippen molar-refractivity contribution in [2.45, 2.75) is 83.7 Å². The molecule has 0 bridgehead atoms. The highest BCUT2D eigenvalue weighted by molar-refractivity contribution is 5.75. The summed E-state index contributed by atoms with van der Waals surface area (Å²) in [6.45, 7) is 5.93. The molecule has 0 unspecified atom stereocenters. The molecule has 1 fully saturated rings. The lowest BCUT2D eigenvalue weighted by atomic mass is 9.83. The molecule has 0 aliphatic heterocycles. The van der Waals surface area contributed by atoms with E-state index in [1.165, 1.54) is 25.7 Å². The third kappa shape index (κ3) is 7.34. The van der Waals surface area contributed by atoms with E-state index >= 15 is 0 Å². The Kier molecular flexibility index (Phi) is 6.99. The Bertz CT molecular complexity index is 347. The van der Waals surface area contributed by atoms with Crippen molar-refractivity contribution in [3.8, 4) is 0 Å². The number of amides is 2. The van der Waals surface area contributed by atoms with Gasteiger partial charge in [0.15, 0.2) is 0 Å². The van der Waals surface area contributed by atoms with Crippen LogP contribution in [-0.2, 0) is 4.79 Å². The van der Waals surface area contributed by atoms with Gasteiger partial charge >= 0.3 is 12.0 Å². The fourth-order valence-electron chi connectivity index (χ4n) is 3.01. The quantitative estimate of drug-likeness (QED) is 0.675. The van der Waals surface area contributed by atoms with Gasteiger partial charge in [-0.25, -0.2) is 4.79 Å². The van der Waals surface area contributed by atoms with Crippen molar-refractivity contribution in [2.24, 2.45) is 5.92 Å². The van der Waals surface area contributed by atoms with Gasteiger partial charge in [-0.1, -0.05) is 19.8 Å². The third-order valence-electron chi connectivity index (χ3n) is 4.29. The molecule has 5 heteroatoms. The van der Waals surface area contributed by atoms with Gasteiger partial charge in [0, 0.05) is 18.0 Å². The van der Waals surface area contributed by atoms with Crippen molar-refractivity contribution >= 4 is 12.0 Å². The first-order chi connectivity index (χ1) is 9.82. The number of carboxylic acids is 1. The van der Waals surface area contributed by atoms with E-state index in [2.05, 4.69) is 17.6 Å². The molecular formula is C16H30N2O3. The van der Waals surface area contributed by atoms with E-state index in [9.17, 15) is 9.59 Å². The second-order valence-electron chi connectivity index (χ2n) is 6.88. The van der Waals surface area contributed by atoms with Crippen molar-refractivity contribution in [3.63, 3.8) is 0 Å². The molecule has 0 saturated heterocycles. The highest BCUT2D eigenvalue weighted by atomic mass is 16.4. The van der Waals surface area contributed by atoms with Crippen LogP contribution < -0.4 is 10.6 Å². The molecule has 1 aliphatic rings. The minimum Gasteiger partial charge on any atom is -0.481 e. The van der Waals surface area contributed by atoms with Gasteiger partial charge in [-0.15, -0.1) is 0 Å². The number of carbonyl (C=O) groups is 2. The smallest absolute Gasteiger partial charge is 0.315 e. The van der Waals surface area contributed by atoms with Crippen molar-refractivity contribution < 1.29 is 14.7 Å². The second-order valence-corrected chi connectivity index (χ2v) is 6.88. The average molecular weight is 298 g/mol. The Morgan fingerprint density at radius 3 is 2.33 bits per heavy atom. The van der Waals surface area contributed by atoms with Crippen LogP contribution in [0.15, 0.2) is 0 Å². The predicted octanol–water partition coefficient (Wildman–Crippen LogP) is 3.29.